The van der Waals surface area contributed by atoms with E-state index in [0.29, 0.717) is 37.3 Å². The molecular formula is C22H40N2O4. The Morgan fingerprint density at radius 1 is 0.607 bits per heavy atom. The van der Waals surface area contributed by atoms with Gasteiger partial charge < -0.3 is 20.0 Å². The molecule has 28 heavy (non-hydrogen) atoms. The molecule has 2 amide bonds. The quantitative estimate of drug-likeness (QED) is 0.293. The standard InChI is InChI=1S/C22H40N2O4/c1-19(2)21(27)23(13-9-5-7-11-17-25)15-16-24(22(28)20(3)4)14-10-6-8-12-18-26/h25-26H,1,3,5-18H2,2,4H3. The average Bonchev–Trinajstić information content (AvgIpc) is 2.66. The number of nitrogens with zero attached hydrogens (tertiary/aromatic N) is 2. The largest absolute Gasteiger partial charge is 0.396 e. The predicted octanol–water partition coefficient (Wildman–Crippen LogP) is 2.90. The molecule has 0 aromatic heterocycles. The summed E-state index contributed by atoms with van der Waals surface area (Å²) >= 11 is 0. The maximum Gasteiger partial charge on any atom is 0.248 e. The van der Waals surface area contributed by atoms with Crippen LogP contribution in [0.1, 0.15) is 65.2 Å². The Labute approximate surface area is 170 Å². The van der Waals surface area contributed by atoms with Gasteiger partial charge in [-0.3, -0.25) is 9.59 Å². The topological polar surface area (TPSA) is 81.1 Å². The molecule has 6 heteroatoms. The van der Waals surface area contributed by atoms with Crippen molar-refractivity contribution in [2.45, 2.75) is 65.2 Å². The van der Waals surface area contributed by atoms with Gasteiger partial charge in [-0.1, -0.05) is 38.8 Å². The Balaban J connectivity index is 4.73. The molecule has 6 nitrogen and oxygen atoms in total. The van der Waals surface area contributed by atoms with Crippen LogP contribution < -0.4 is 0 Å². The molecule has 0 bridgehead atoms. The molecular weight excluding hydrogens is 356 g/mol. The number of carbonyl (C=O) groups excluding carboxylic acids is 2. The zero-order valence-electron chi connectivity index (χ0n) is 17.9. The van der Waals surface area contributed by atoms with Gasteiger partial charge in [-0.05, 0) is 39.5 Å². The van der Waals surface area contributed by atoms with Crippen molar-refractivity contribution in [2.75, 3.05) is 39.4 Å². The van der Waals surface area contributed by atoms with Gasteiger partial charge in [-0.15, -0.1) is 0 Å². The number of hydrogen-bond acceptors (Lipinski definition) is 4. The van der Waals surface area contributed by atoms with Crippen molar-refractivity contribution in [3.63, 3.8) is 0 Å². The van der Waals surface area contributed by atoms with Crippen LogP contribution in [0, 0.1) is 0 Å². The smallest absolute Gasteiger partial charge is 0.248 e. The Hall–Kier alpha value is -1.66. The van der Waals surface area contributed by atoms with Crippen LogP contribution in [0.5, 0.6) is 0 Å². The third-order valence-electron chi connectivity index (χ3n) is 4.62. The molecule has 0 spiro atoms. The van der Waals surface area contributed by atoms with Crippen LogP contribution in [-0.4, -0.2) is 71.2 Å². The normalized spacial score (nSPS) is 10.6. The first-order valence-electron chi connectivity index (χ1n) is 10.5. The lowest BCUT2D eigenvalue weighted by atomic mass is 10.1. The molecule has 0 fully saturated rings. The van der Waals surface area contributed by atoms with E-state index >= 15 is 0 Å². The van der Waals surface area contributed by atoms with Crippen molar-refractivity contribution in [2.24, 2.45) is 0 Å². The lowest BCUT2D eigenvalue weighted by Gasteiger charge is -2.28. The van der Waals surface area contributed by atoms with Gasteiger partial charge in [0.1, 0.15) is 0 Å². The van der Waals surface area contributed by atoms with Gasteiger partial charge in [-0.25, -0.2) is 0 Å². The Morgan fingerprint density at radius 2 is 0.929 bits per heavy atom. The fraction of sp³-hybridized carbons (Fsp3) is 0.727. The maximum atomic E-state index is 12.5. The number of aliphatic hydroxyl groups is 2. The van der Waals surface area contributed by atoms with Crippen LogP contribution in [0.4, 0.5) is 0 Å². The molecule has 0 aliphatic heterocycles. The van der Waals surface area contributed by atoms with E-state index in [4.69, 9.17) is 10.2 Å². The van der Waals surface area contributed by atoms with Crippen LogP contribution in [0.15, 0.2) is 24.3 Å². The summed E-state index contributed by atoms with van der Waals surface area (Å²) in [5, 5.41) is 17.7. The minimum atomic E-state index is -0.0761. The minimum absolute atomic E-state index is 0.0761. The summed E-state index contributed by atoms with van der Waals surface area (Å²) < 4.78 is 0. The maximum absolute atomic E-state index is 12.5. The number of unbranched alkanes of at least 4 members (excludes halogenated alkanes) is 6. The summed E-state index contributed by atoms with van der Waals surface area (Å²) in [6, 6.07) is 0. The molecule has 0 radical (unpaired) electrons. The van der Waals surface area contributed by atoms with Crippen LogP contribution in [-0.2, 0) is 9.59 Å². The monoisotopic (exact) mass is 396 g/mol. The molecule has 0 aliphatic rings. The molecule has 0 aliphatic carbocycles. The fourth-order valence-corrected chi connectivity index (χ4v) is 2.95. The van der Waals surface area contributed by atoms with Gasteiger partial charge in [0.25, 0.3) is 0 Å². The molecule has 0 saturated carbocycles. The summed E-state index contributed by atoms with van der Waals surface area (Å²) in [4.78, 5) is 28.4. The van der Waals surface area contributed by atoms with Gasteiger partial charge in [0, 0.05) is 50.5 Å². The van der Waals surface area contributed by atoms with Crippen LogP contribution in [0.25, 0.3) is 0 Å². The highest BCUT2D eigenvalue weighted by molar-refractivity contribution is 5.93. The average molecular weight is 397 g/mol. The van der Waals surface area contributed by atoms with E-state index in [2.05, 4.69) is 13.2 Å². The van der Waals surface area contributed by atoms with E-state index in [9.17, 15) is 9.59 Å². The molecule has 0 saturated heterocycles. The highest BCUT2D eigenvalue weighted by Gasteiger charge is 2.18. The first-order valence-corrected chi connectivity index (χ1v) is 10.5. The fourth-order valence-electron chi connectivity index (χ4n) is 2.95. The summed E-state index contributed by atoms with van der Waals surface area (Å²) in [5.41, 5.74) is 0.995. The molecule has 0 aromatic carbocycles. The molecule has 0 unspecified atom stereocenters. The van der Waals surface area contributed by atoms with E-state index in [1.807, 2.05) is 0 Å². The number of amides is 2. The van der Waals surface area contributed by atoms with Crippen molar-refractivity contribution >= 4 is 11.8 Å². The van der Waals surface area contributed by atoms with E-state index in [-0.39, 0.29) is 25.0 Å². The summed E-state index contributed by atoms with van der Waals surface area (Å²) in [6.45, 7) is 13.5. The first kappa shape index (κ1) is 26.3. The lowest BCUT2D eigenvalue weighted by molar-refractivity contribution is -0.131. The van der Waals surface area contributed by atoms with Crippen molar-refractivity contribution in [3.8, 4) is 0 Å². The summed E-state index contributed by atoms with van der Waals surface area (Å²) in [6.07, 6.45) is 7.11. The zero-order chi connectivity index (χ0) is 21.4. The molecule has 2 N–H and O–H groups in total. The molecule has 0 aromatic rings. The Kier molecular flexibility index (Phi) is 15.3. The van der Waals surface area contributed by atoms with E-state index in [0.717, 1.165) is 51.4 Å². The highest BCUT2D eigenvalue weighted by atomic mass is 16.3. The summed E-state index contributed by atoms with van der Waals surface area (Å²) in [7, 11) is 0. The number of aliphatic hydroxyl groups excluding tert-OH is 2. The minimum Gasteiger partial charge on any atom is -0.396 e. The van der Waals surface area contributed by atoms with E-state index < -0.39 is 0 Å². The van der Waals surface area contributed by atoms with Crippen LogP contribution in [0.3, 0.4) is 0 Å². The Bertz CT molecular complexity index is 447. The Morgan fingerprint density at radius 3 is 1.21 bits per heavy atom. The first-order chi connectivity index (χ1) is 13.3. The lowest BCUT2D eigenvalue weighted by Crippen LogP contribution is -2.42. The SMILES string of the molecule is C=C(C)C(=O)N(CCCCCCO)CCN(CCCCCCO)C(=O)C(=C)C. The molecule has 162 valence electrons. The third-order valence-corrected chi connectivity index (χ3v) is 4.62. The van der Waals surface area contributed by atoms with Gasteiger partial charge in [0.2, 0.25) is 11.8 Å². The molecule has 0 atom stereocenters. The third kappa shape index (κ3) is 11.9. The predicted molar refractivity (Wildman–Crippen MR) is 114 cm³/mol. The van der Waals surface area contributed by atoms with Crippen LogP contribution in [0.2, 0.25) is 0 Å². The van der Waals surface area contributed by atoms with Crippen LogP contribution >= 0.6 is 0 Å². The molecule has 0 rings (SSSR count). The number of rotatable bonds is 17. The van der Waals surface area contributed by atoms with Crippen molar-refractivity contribution < 1.29 is 19.8 Å². The second-order valence-corrected chi connectivity index (χ2v) is 7.42. The number of hydrogen-bond donors (Lipinski definition) is 2. The van der Waals surface area contributed by atoms with Crippen molar-refractivity contribution in [1.29, 1.82) is 0 Å². The number of carbonyl (C=O) groups is 2. The van der Waals surface area contributed by atoms with Gasteiger partial charge >= 0.3 is 0 Å². The zero-order valence-corrected chi connectivity index (χ0v) is 17.9. The highest BCUT2D eigenvalue weighted by Crippen LogP contribution is 2.09. The second-order valence-electron chi connectivity index (χ2n) is 7.42. The van der Waals surface area contributed by atoms with E-state index in [1.54, 1.807) is 23.6 Å². The van der Waals surface area contributed by atoms with Crippen molar-refractivity contribution in [3.05, 3.63) is 24.3 Å². The van der Waals surface area contributed by atoms with Gasteiger partial charge in [0.15, 0.2) is 0 Å². The van der Waals surface area contributed by atoms with Gasteiger partial charge in [0.05, 0.1) is 0 Å². The van der Waals surface area contributed by atoms with Gasteiger partial charge in [-0.2, -0.15) is 0 Å². The second kappa shape index (κ2) is 16.3. The van der Waals surface area contributed by atoms with E-state index in [1.165, 1.54) is 0 Å². The summed E-state index contributed by atoms with van der Waals surface area (Å²) in [5.74, 6) is -0.152. The van der Waals surface area contributed by atoms with Crippen molar-refractivity contribution in [1.82, 2.24) is 9.80 Å². The molecule has 0 heterocycles.